The molecule has 1 aliphatic rings. The Bertz CT molecular complexity index is 909. The van der Waals surface area contributed by atoms with Gasteiger partial charge in [-0.15, -0.1) is 11.8 Å². The van der Waals surface area contributed by atoms with Gasteiger partial charge in [0, 0.05) is 28.8 Å². The van der Waals surface area contributed by atoms with Crippen molar-refractivity contribution in [1.82, 2.24) is 9.78 Å². The van der Waals surface area contributed by atoms with Crippen LogP contribution in [0.5, 0.6) is 0 Å². The molecule has 1 aliphatic carbocycles. The SMILES string of the molecule is Cn1nc(-c2cc(SC3CCCCC3)c(Cl)cc2Cl)c(=O)cc1C(F)(F)F. The highest BCUT2D eigenvalue weighted by atomic mass is 35.5. The number of rotatable bonds is 3. The number of benzene rings is 1. The lowest BCUT2D eigenvalue weighted by atomic mass is 10.0. The van der Waals surface area contributed by atoms with Gasteiger partial charge in [0.2, 0.25) is 5.43 Å². The van der Waals surface area contributed by atoms with Crippen LogP contribution in [0.2, 0.25) is 10.0 Å². The number of aryl methyl sites for hydroxylation is 1. The normalized spacial score (nSPS) is 15.9. The van der Waals surface area contributed by atoms with Crippen molar-refractivity contribution < 1.29 is 13.2 Å². The first-order valence-electron chi connectivity index (χ1n) is 8.48. The molecule has 2 aromatic rings. The highest BCUT2D eigenvalue weighted by Crippen LogP contribution is 2.41. The fourth-order valence-corrected chi connectivity index (χ4v) is 5.05. The van der Waals surface area contributed by atoms with Crippen LogP contribution in [-0.4, -0.2) is 15.0 Å². The molecule has 1 aromatic carbocycles. The molecule has 1 heterocycles. The Morgan fingerprint density at radius 2 is 1.78 bits per heavy atom. The minimum Gasteiger partial charge on any atom is -0.287 e. The Labute approximate surface area is 168 Å². The number of aromatic nitrogens is 2. The van der Waals surface area contributed by atoms with E-state index in [-0.39, 0.29) is 16.3 Å². The first kappa shape index (κ1) is 20.6. The van der Waals surface area contributed by atoms with Gasteiger partial charge in [0.15, 0.2) is 0 Å². The lowest BCUT2D eigenvalue weighted by molar-refractivity contribution is -0.144. The molecule has 1 aromatic heterocycles. The van der Waals surface area contributed by atoms with Crippen LogP contribution in [0.3, 0.4) is 0 Å². The Hall–Kier alpha value is -1.18. The van der Waals surface area contributed by atoms with E-state index in [9.17, 15) is 18.0 Å². The van der Waals surface area contributed by atoms with E-state index >= 15 is 0 Å². The molecule has 9 heteroatoms. The van der Waals surface area contributed by atoms with Crippen molar-refractivity contribution in [1.29, 1.82) is 0 Å². The lowest BCUT2D eigenvalue weighted by Gasteiger charge is -2.22. The lowest BCUT2D eigenvalue weighted by Crippen LogP contribution is -2.22. The molecule has 27 heavy (non-hydrogen) atoms. The van der Waals surface area contributed by atoms with Gasteiger partial charge in [0.1, 0.15) is 11.4 Å². The van der Waals surface area contributed by atoms with E-state index in [1.807, 2.05) is 0 Å². The van der Waals surface area contributed by atoms with Gasteiger partial charge in [-0.25, -0.2) is 0 Å². The summed E-state index contributed by atoms with van der Waals surface area (Å²) in [6.07, 6.45) is 1.05. The van der Waals surface area contributed by atoms with Gasteiger partial charge >= 0.3 is 6.18 Å². The summed E-state index contributed by atoms with van der Waals surface area (Å²) in [7, 11) is 1.15. The Balaban J connectivity index is 2.02. The van der Waals surface area contributed by atoms with Crippen LogP contribution in [0.4, 0.5) is 13.2 Å². The van der Waals surface area contributed by atoms with Gasteiger partial charge in [-0.2, -0.15) is 18.3 Å². The third-order valence-electron chi connectivity index (χ3n) is 4.51. The minimum absolute atomic E-state index is 0.127. The number of alkyl halides is 3. The third-order valence-corrected chi connectivity index (χ3v) is 6.65. The van der Waals surface area contributed by atoms with Crippen molar-refractivity contribution in [2.75, 3.05) is 0 Å². The second kappa shape index (κ2) is 8.05. The zero-order chi connectivity index (χ0) is 19.8. The van der Waals surface area contributed by atoms with Crippen LogP contribution >= 0.6 is 35.0 Å². The molecule has 0 atom stereocenters. The number of hydrogen-bond acceptors (Lipinski definition) is 3. The summed E-state index contributed by atoms with van der Waals surface area (Å²) >= 11 is 14.2. The molecule has 3 rings (SSSR count). The molecule has 0 saturated heterocycles. The summed E-state index contributed by atoms with van der Waals surface area (Å²) in [5.74, 6) is 0. The van der Waals surface area contributed by atoms with Crippen molar-refractivity contribution in [2.45, 2.75) is 48.4 Å². The Morgan fingerprint density at radius 3 is 2.41 bits per heavy atom. The van der Waals surface area contributed by atoms with Gasteiger partial charge in [-0.3, -0.25) is 9.48 Å². The van der Waals surface area contributed by atoms with E-state index in [4.69, 9.17) is 23.2 Å². The third kappa shape index (κ3) is 4.63. The molecule has 3 nitrogen and oxygen atoms in total. The number of hydrogen-bond donors (Lipinski definition) is 0. The van der Waals surface area contributed by atoms with Crippen molar-refractivity contribution in [2.24, 2.45) is 7.05 Å². The predicted molar refractivity (Wildman–Crippen MR) is 103 cm³/mol. The van der Waals surface area contributed by atoms with Gasteiger partial charge < -0.3 is 0 Å². The maximum atomic E-state index is 13.0. The summed E-state index contributed by atoms with van der Waals surface area (Å²) < 4.78 is 39.6. The van der Waals surface area contributed by atoms with Crippen LogP contribution in [0.25, 0.3) is 11.3 Å². The Morgan fingerprint density at radius 1 is 1.11 bits per heavy atom. The number of nitrogens with zero attached hydrogens (tertiary/aromatic N) is 2. The monoisotopic (exact) mass is 436 g/mol. The zero-order valence-electron chi connectivity index (χ0n) is 14.4. The van der Waals surface area contributed by atoms with Crippen molar-refractivity contribution in [3.8, 4) is 11.3 Å². The van der Waals surface area contributed by atoms with E-state index in [2.05, 4.69) is 5.10 Å². The molecule has 0 aliphatic heterocycles. The fourth-order valence-electron chi connectivity index (χ4n) is 3.15. The molecule has 0 radical (unpaired) electrons. The van der Waals surface area contributed by atoms with Gasteiger partial charge in [-0.05, 0) is 25.0 Å². The average molecular weight is 437 g/mol. The van der Waals surface area contributed by atoms with Crippen LogP contribution in [0.15, 0.2) is 27.9 Å². The molecule has 1 saturated carbocycles. The van der Waals surface area contributed by atoms with Crippen LogP contribution < -0.4 is 5.43 Å². The minimum atomic E-state index is -4.66. The first-order valence-corrected chi connectivity index (χ1v) is 10.1. The average Bonchev–Trinajstić information content (AvgIpc) is 2.59. The van der Waals surface area contributed by atoms with E-state index in [1.165, 1.54) is 12.5 Å². The molecule has 0 bridgehead atoms. The summed E-state index contributed by atoms with van der Waals surface area (Å²) in [6, 6.07) is 3.71. The highest BCUT2D eigenvalue weighted by Gasteiger charge is 2.34. The molecular weight excluding hydrogens is 420 g/mol. The van der Waals surface area contributed by atoms with Crippen LogP contribution in [-0.2, 0) is 13.2 Å². The maximum Gasteiger partial charge on any atom is 0.433 e. The molecule has 0 unspecified atom stereocenters. The van der Waals surface area contributed by atoms with E-state index < -0.39 is 17.3 Å². The van der Waals surface area contributed by atoms with E-state index in [0.29, 0.717) is 21.0 Å². The van der Waals surface area contributed by atoms with Crippen molar-refractivity contribution in [3.05, 3.63) is 44.2 Å². The summed E-state index contributed by atoms with van der Waals surface area (Å²) in [5, 5.41) is 4.90. The summed E-state index contributed by atoms with van der Waals surface area (Å²) in [5.41, 5.74) is -1.79. The van der Waals surface area contributed by atoms with Crippen LogP contribution in [0.1, 0.15) is 37.8 Å². The molecular formula is C18H17Cl2F3N2OS. The summed E-state index contributed by atoms with van der Waals surface area (Å²) in [4.78, 5) is 13.1. The molecule has 0 N–H and O–H groups in total. The van der Waals surface area contributed by atoms with Gasteiger partial charge in [0.25, 0.3) is 0 Å². The van der Waals surface area contributed by atoms with E-state index in [0.717, 1.165) is 37.6 Å². The fraction of sp³-hybridized carbons (Fsp3) is 0.444. The molecule has 0 spiro atoms. The van der Waals surface area contributed by atoms with Crippen LogP contribution in [0, 0.1) is 0 Å². The first-order chi connectivity index (χ1) is 12.7. The molecule has 146 valence electrons. The predicted octanol–water partition coefficient (Wildman–Crippen LogP) is 6.20. The largest absolute Gasteiger partial charge is 0.433 e. The highest BCUT2D eigenvalue weighted by molar-refractivity contribution is 8.00. The van der Waals surface area contributed by atoms with Gasteiger partial charge in [-0.1, -0.05) is 42.5 Å². The number of thioether (sulfide) groups is 1. The Kier molecular flexibility index (Phi) is 6.13. The molecule has 0 amide bonds. The van der Waals surface area contributed by atoms with E-state index in [1.54, 1.807) is 17.8 Å². The zero-order valence-corrected chi connectivity index (χ0v) is 16.8. The van der Waals surface area contributed by atoms with Crippen molar-refractivity contribution >= 4 is 35.0 Å². The maximum absolute atomic E-state index is 13.0. The van der Waals surface area contributed by atoms with Crippen molar-refractivity contribution in [3.63, 3.8) is 0 Å². The standard InChI is InChI=1S/C18H17Cl2F3N2OS/c1-25-16(18(21,22)23)9-14(26)17(24-25)11-7-15(13(20)8-12(11)19)27-10-5-3-2-4-6-10/h7-10H,2-6H2,1H3. The second-order valence-corrected chi connectivity index (χ2v) is 8.66. The topological polar surface area (TPSA) is 34.9 Å². The van der Waals surface area contributed by atoms with Gasteiger partial charge in [0.05, 0.1) is 10.0 Å². The quantitative estimate of drug-likeness (QED) is 0.574. The second-order valence-electron chi connectivity index (χ2n) is 6.50. The number of halogens is 5. The smallest absolute Gasteiger partial charge is 0.287 e. The summed E-state index contributed by atoms with van der Waals surface area (Å²) in [6.45, 7) is 0. The molecule has 1 fully saturated rings.